The standard InChI is InChI=1S/C10H18O4/c1-10(2,3)14-9(12)6-13-8-4-7(11)5-8/h7-8,11H,4-6H2,1-3H3/t7-,8-. The molecule has 1 aliphatic rings. The van der Waals surface area contributed by atoms with Crippen LogP contribution in [0, 0.1) is 0 Å². The van der Waals surface area contributed by atoms with Crippen LogP contribution < -0.4 is 0 Å². The number of hydrogen-bond donors (Lipinski definition) is 1. The molecule has 1 fully saturated rings. The summed E-state index contributed by atoms with van der Waals surface area (Å²) in [7, 11) is 0. The highest BCUT2D eigenvalue weighted by molar-refractivity contribution is 5.71. The van der Waals surface area contributed by atoms with Gasteiger partial charge in [-0.25, -0.2) is 4.79 Å². The van der Waals surface area contributed by atoms with Gasteiger partial charge in [0.2, 0.25) is 0 Å². The fraction of sp³-hybridized carbons (Fsp3) is 0.900. The van der Waals surface area contributed by atoms with Gasteiger partial charge in [-0.1, -0.05) is 0 Å². The van der Waals surface area contributed by atoms with E-state index in [1.165, 1.54) is 0 Å². The molecule has 1 N–H and O–H groups in total. The molecule has 0 atom stereocenters. The average molecular weight is 202 g/mol. The van der Waals surface area contributed by atoms with Gasteiger partial charge in [-0.3, -0.25) is 0 Å². The predicted octanol–water partition coefficient (Wildman–Crippen LogP) is 0.868. The van der Waals surface area contributed by atoms with E-state index in [0.29, 0.717) is 12.8 Å². The molecule has 1 aliphatic carbocycles. The van der Waals surface area contributed by atoms with Crippen molar-refractivity contribution in [3.63, 3.8) is 0 Å². The van der Waals surface area contributed by atoms with Gasteiger partial charge in [0.15, 0.2) is 0 Å². The molecule has 0 aromatic carbocycles. The lowest BCUT2D eigenvalue weighted by molar-refractivity contribution is -0.166. The highest BCUT2D eigenvalue weighted by atomic mass is 16.6. The molecule has 0 amide bonds. The van der Waals surface area contributed by atoms with Gasteiger partial charge in [0.1, 0.15) is 12.2 Å². The molecule has 0 aromatic rings. The summed E-state index contributed by atoms with van der Waals surface area (Å²) in [6.07, 6.45) is 1.03. The van der Waals surface area contributed by atoms with E-state index in [9.17, 15) is 4.79 Å². The number of carbonyl (C=O) groups excluding carboxylic acids is 1. The Morgan fingerprint density at radius 1 is 1.43 bits per heavy atom. The van der Waals surface area contributed by atoms with Crippen molar-refractivity contribution in [3.05, 3.63) is 0 Å². The number of aliphatic hydroxyl groups excluding tert-OH is 1. The third-order valence-electron chi connectivity index (χ3n) is 1.93. The van der Waals surface area contributed by atoms with Crippen LogP contribution in [0.25, 0.3) is 0 Å². The molecule has 82 valence electrons. The highest BCUT2D eigenvalue weighted by Crippen LogP contribution is 2.22. The number of carbonyl (C=O) groups is 1. The van der Waals surface area contributed by atoms with Crippen molar-refractivity contribution < 1.29 is 19.4 Å². The van der Waals surface area contributed by atoms with Gasteiger partial charge in [0.25, 0.3) is 0 Å². The van der Waals surface area contributed by atoms with E-state index in [1.807, 2.05) is 20.8 Å². The van der Waals surface area contributed by atoms with Crippen LogP contribution in [0.5, 0.6) is 0 Å². The molecule has 4 heteroatoms. The Hall–Kier alpha value is -0.610. The van der Waals surface area contributed by atoms with Crippen molar-refractivity contribution in [1.29, 1.82) is 0 Å². The van der Waals surface area contributed by atoms with Crippen LogP contribution in [0.3, 0.4) is 0 Å². The molecule has 0 saturated heterocycles. The van der Waals surface area contributed by atoms with Gasteiger partial charge in [-0.15, -0.1) is 0 Å². The minimum absolute atomic E-state index is 0.0192. The first-order valence-electron chi connectivity index (χ1n) is 4.88. The minimum Gasteiger partial charge on any atom is -0.458 e. The second-order valence-electron chi connectivity index (χ2n) is 4.64. The largest absolute Gasteiger partial charge is 0.458 e. The lowest BCUT2D eigenvalue weighted by atomic mass is 9.92. The summed E-state index contributed by atoms with van der Waals surface area (Å²) in [4.78, 5) is 11.2. The third kappa shape index (κ3) is 4.07. The van der Waals surface area contributed by atoms with Crippen molar-refractivity contribution in [2.75, 3.05) is 6.61 Å². The molecule has 0 aromatic heterocycles. The quantitative estimate of drug-likeness (QED) is 0.690. The SMILES string of the molecule is CC(C)(C)OC(=O)CO[C@H]1C[C@H](O)C1. The second-order valence-corrected chi connectivity index (χ2v) is 4.64. The maximum atomic E-state index is 11.2. The molecule has 0 heterocycles. The van der Waals surface area contributed by atoms with Crippen LogP contribution in [0.4, 0.5) is 0 Å². The molecule has 0 bridgehead atoms. The molecule has 0 unspecified atom stereocenters. The van der Waals surface area contributed by atoms with E-state index >= 15 is 0 Å². The molecule has 1 saturated carbocycles. The topological polar surface area (TPSA) is 55.8 Å². The van der Waals surface area contributed by atoms with Crippen LogP contribution in [0.1, 0.15) is 33.6 Å². The van der Waals surface area contributed by atoms with Crippen LogP contribution >= 0.6 is 0 Å². The maximum Gasteiger partial charge on any atom is 0.332 e. The Morgan fingerprint density at radius 3 is 2.43 bits per heavy atom. The molecule has 14 heavy (non-hydrogen) atoms. The second kappa shape index (κ2) is 4.28. The van der Waals surface area contributed by atoms with Crippen molar-refractivity contribution in [2.24, 2.45) is 0 Å². The van der Waals surface area contributed by atoms with E-state index in [-0.39, 0.29) is 24.8 Å². The lowest BCUT2D eigenvalue weighted by Crippen LogP contribution is -2.37. The Balaban J connectivity index is 2.10. The van der Waals surface area contributed by atoms with Crippen molar-refractivity contribution in [3.8, 4) is 0 Å². The van der Waals surface area contributed by atoms with Crippen molar-refractivity contribution >= 4 is 5.97 Å². The first-order chi connectivity index (χ1) is 6.37. The van der Waals surface area contributed by atoms with E-state index in [1.54, 1.807) is 0 Å². The van der Waals surface area contributed by atoms with E-state index in [2.05, 4.69) is 0 Å². The highest BCUT2D eigenvalue weighted by Gasteiger charge is 2.29. The van der Waals surface area contributed by atoms with E-state index in [4.69, 9.17) is 14.6 Å². The zero-order valence-electron chi connectivity index (χ0n) is 8.95. The monoisotopic (exact) mass is 202 g/mol. The Labute approximate surface area is 84.2 Å². The van der Waals surface area contributed by atoms with Crippen molar-refractivity contribution in [2.45, 2.75) is 51.4 Å². The average Bonchev–Trinajstić information content (AvgIpc) is 1.92. The minimum atomic E-state index is -0.459. The van der Waals surface area contributed by atoms with Crippen LogP contribution in [-0.2, 0) is 14.3 Å². The number of esters is 1. The van der Waals surface area contributed by atoms with Gasteiger partial charge >= 0.3 is 5.97 Å². The smallest absolute Gasteiger partial charge is 0.332 e. The number of ether oxygens (including phenoxy) is 2. The summed E-state index contributed by atoms with van der Waals surface area (Å²) < 4.78 is 10.3. The predicted molar refractivity (Wildman–Crippen MR) is 50.8 cm³/mol. The van der Waals surface area contributed by atoms with Crippen LogP contribution in [0.2, 0.25) is 0 Å². The molecule has 0 spiro atoms. The molecule has 0 aliphatic heterocycles. The van der Waals surface area contributed by atoms with E-state index in [0.717, 1.165) is 0 Å². The van der Waals surface area contributed by atoms with Crippen LogP contribution in [0.15, 0.2) is 0 Å². The molecular weight excluding hydrogens is 184 g/mol. The summed E-state index contributed by atoms with van der Waals surface area (Å²) in [6, 6.07) is 0. The van der Waals surface area contributed by atoms with E-state index < -0.39 is 5.60 Å². The fourth-order valence-corrected chi connectivity index (χ4v) is 1.23. The summed E-state index contributed by atoms with van der Waals surface area (Å²) in [6.45, 7) is 5.43. The van der Waals surface area contributed by atoms with Crippen molar-refractivity contribution in [1.82, 2.24) is 0 Å². The summed E-state index contributed by atoms with van der Waals surface area (Å²) in [5.74, 6) is -0.348. The zero-order valence-corrected chi connectivity index (χ0v) is 8.95. The molecule has 4 nitrogen and oxygen atoms in total. The molecular formula is C10H18O4. The third-order valence-corrected chi connectivity index (χ3v) is 1.93. The van der Waals surface area contributed by atoms with Gasteiger partial charge in [0.05, 0.1) is 12.2 Å². The van der Waals surface area contributed by atoms with Gasteiger partial charge in [-0.05, 0) is 33.6 Å². The molecule has 0 radical (unpaired) electrons. The number of aliphatic hydroxyl groups is 1. The van der Waals surface area contributed by atoms with Crippen LogP contribution in [-0.4, -0.2) is 35.5 Å². The first-order valence-corrected chi connectivity index (χ1v) is 4.88. The summed E-state index contributed by atoms with van der Waals surface area (Å²) in [5, 5.41) is 8.97. The first kappa shape index (κ1) is 11.5. The van der Waals surface area contributed by atoms with Gasteiger partial charge < -0.3 is 14.6 Å². The number of hydrogen-bond acceptors (Lipinski definition) is 4. The molecule has 1 rings (SSSR count). The zero-order chi connectivity index (χ0) is 10.8. The Kier molecular flexibility index (Phi) is 3.50. The normalized spacial score (nSPS) is 26.9. The summed E-state index contributed by atoms with van der Waals surface area (Å²) in [5.41, 5.74) is -0.459. The van der Waals surface area contributed by atoms with Gasteiger partial charge in [0, 0.05) is 0 Å². The number of rotatable bonds is 3. The summed E-state index contributed by atoms with van der Waals surface area (Å²) >= 11 is 0. The lowest BCUT2D eigenvalue weighted by Gasteiger charge is -2.31. The fourth-order valence-electron chi connectivity index (χ4n) is 1.23. The Morgan fingerprint density at radius 2 is 2.00 bits per heavy atom. The van der Waals surface area contributed by atoms with Gasteiger partial charge in [-0.2, -0.15) is 0 Å². The maximum absolute atomic E-state index is 11.2. The Bertz CT molecular complexity index is 201.